The van der Waals surface area contributed by atoms with E-state index in [0.29, 0.717) is 16.3 Å². The van der Waals surface area contributed by atoms with Crippen molar-refractivity contribution >= 4 is 23.6 Å². The first-order valence-corrected chi connectivity index (χ1v) is 11.4. The number of nitrogens with zero attached hydrogens (tertiary/aromatic N) is 4. The zero-order valence-electron chi connectivity index (χ0n) is 18.9. The zero-order chi connectivity index (χ0) is 24.1. The fraction of sp³-hybridized carbons (Fsp3) is 0.160. The molecule has 0 unspecified atom stereocenters. The summed E-state index contributed by atoms with van der Waals surface area (Å²) in [5.41, 5.74) is 4.78. The summed E-state index contributed by atoms with van der Waals surface area (Å²) in [6, 6.07) is 19.7. The smallest absolute Gasteiger partial charge is 0.302 e. The van der Waals surface area contributed by atoms with Crippen molar-refractivity contribution in [2.45, 2.75) is 11.9 Å². The number of thioether (sulfide) groups is 1. The van der Waals surface area contributed by atoms with Crippen LogP contribution in [0.4, 0.5) is 5.88 Å². The number of nitriles is 1. The van der Waals surface area contributed by atoms with Crippen LogP contribution in [-0.4, -0.2) is 29.0 Å². The van der Waals surface area contributed by atoms with Crippen LogP contribution in [0.2, 0.25) is 0 Å². The fourth-order valence-electron chi connectivity index (χ4n) is 3.29. The number of nitrogens with one attached hydrogen (secondary N) is 1. The molecule has 9 heteroatoms. The molecule has 0 aliphatic heterocycles. The number of carbonyl (C=O) groups excluding carboxylic acids is 1. The maximum atomic E-state index is 12.5. The quantitative estimate of drug-likeness (QED) is 0.318. The number of benzene rings is 2. The van der Waals surface area contributed by atoms with Gasteiger partial charge >= 0.3 is 5.88 Å². The maximum Gasteiger partial charge on any atom is 0.302 e. The first kappa shape index (κ1) is 23.0. The molecule has 34 heavy (non-hydrogen) atoms. The van der Waals surface area contributed by atoms with E-state index in [4.69, 9.17) is 14.2 Å². The Bertz CT molecular complexity index is 1360. The summed E-state index contributed by atoms with van der Waals surface area (Å²) in [5.74, 6) is 0.738. The first-order valence-electron chi connectivity index (χ1n) is 10.4. The van der Waals surface area contributed by atoms with Crippen LogP contribution in [0, 0.1) is 18.3 Å². The third-order valence-corrected chi connectivity index (χ3v) is 6.00. The third-order valence-electron chi connectivity index (χ3n) is 5.02. The highest BCUT2D eigenvalue weighted by Gasteiger charge is 2.18. The van der Waals surface area contributed by atoms with Gasteiger partial charge in [-0.3, -0.25) is 14.6 Å². The van der Waals surface area contributed by atoms with Crippen molar-refractivity contribution < 1.29 is 18.7 Å². The standard InChI is InChI=1S/C25H21N5O3S/c1-16-4-6-17(7-5-16)20-12-22(18-8-10-19(32-3)11-9-18)27-25(21(20)13-26)34-15-23(31)28-24-14-30(2)29-33-24/h4-12,14H,15H2,1-3H3/p+1. The van der Waals surface area contributed by atoms with E-state index in [2.05, 4.69) is 16.7 Å². The molecule has 0 saturated carbocycles. The minimum Gasteiger partial charge on any atom is -0.497 e. The Morgan fingerprint density at radius 3 is 2.50 bits per heavy atom. The second-order valence-corrected chi connectivity index (χ2v) is 8.48. The van der Waals surface area contributed by atoms with E-state index in [9.17, 15) is 10.1 Å². The van der Waals surface area contributed by atoms with E-state index in [1.807, 2.05) is 61.5 Å². The summed E-state index contributed by atoms with van der Waals surface area (Å²) in [6.45, 7) is 2.01. The molecule has 1 N–H and O–H groups in total. The molecule has 2 aromatic carbocycles. The summed E-state index contributed by atoms with van der Waals surface area (Å²) in [5, 5.41) is 16.8. The van der Waals surface area contributed by atoms with E-state index in [1.54, 1.807) is 20.4 Å². The summed E-state index contributed by atoms with van der Waals surface area (Å²) < 4.78 is 11.7. The van der Waals surface area contributed by atoms with Crippen molar-refractivity contribution in [3.05, 3.63) is 71.9 Å². The molecule has 4 aromatic rings. The third kappa shape index (κ3) is 5.24. The van der Waals surface area contributed by atoms with Gasteiger partial charge in [0.2, 0.25) is 5.91 Å². The first-order chi connectivity index (χ1) is 16.5. The van der Waals surface area contributed by atoms with Gasteiger partial charge in [0.05, 0.1) is 24.1 Å². The average Bonchev–Trinajstić information content (AvgIpc) is 3.26. The molecule has 0 aliphatic rings. The molecule has 170 valence electrons. The Hall–Kier alpha value is -4.16. The van der Waals surface area contributed by atoms with Gasteiger partial charge in [0.25, 0.3) is 6.20 Å². The highest BCUT2D eigenvalue weighted by molar-refractivity contribution is 8.00. The molecular formula is C25H22N5O3S+. The summed E-state index contributed by atoms with van der Waals surface area (Å²) in [4.78, 5) is 17.2. The van der Waals surface area contributed by atoms with Crippen molar-refractivity contribution in [3.63, 3.8) is 0 Å². The molecular weight excluding hydrogens is 450 g/mol. The Morgan fingerprint density at radius 2 is 1.88 bits per heavy atom. The second kappa shape index (κ2) is 10.2. The highest BCUT2D eigenvalue weighted by Crippen LogP contribution is 2.34. The second-order valence-electron chi connectivity index (χ2n) is 7.52. The number of methoxy groups -OCH3 is 1. The van der Waals surface area contributed by atoms with E-state index >= 15 is 0 Å². The van der Waals surface area contributed by atoms with Crippen molar-refractivity contribution in [1.82, 2.24) is 10.3 Å². The Kier molecular flexibility index (Phi) is 6.90. The summed E-state index contributed by atoms with van der Waals surface area (Å²) >= 11 is 1.20. The van der Waals surface area contributed by atoms with Gasteiger partial charge in [-0.05, 0) is 42.8 Å². The average molecular weight is 473 g/mol. The monoisotopic (exact) mass is 472 g/mol. The van der Waals surface area contributed by atoms with Gasteiger partial charge in [0.15, 0.2) is 12.3 Å². The lowest BCUT2D eigenvalue weighted by atomic mass is 9.98. The minimum atomic E-state index is -0.292. The van der Waals surface area contributed by atoms with Crippen molar-refractivity contribution in [2.75, 3.05) is 18.2 Å². The largest absolute Gasteiger partial charge is 0.497 e. The number of rotatable bonds is 7. The van der Waals surface area contributed by atoms with Gasteiger partial charge in [-0.15, -0.1) is 0 Å². The Morgan fingerprint density at radius 1 is 1.18 bits per heavy atom. The number of hydrogen-bond donors (Lipinski definition) is 1. The summed E-state index contributed by atoms with van der Waals surface area (Å²) in [6.07, 6.45) is 1.56. The van der Waals surface area contributed by atoms with Gasteiger partial charge < -0.3 is 4.74 Å². The zero-order valence-corrected chi connectivity index (χ0v) is 19.7. The number of amides is 1. The summed E-state index contributed by atoms with van der Waals surface area (Å²) in [7, 11) is 3.30. The van der Waals surface area contributed by atoms with Crippen LogP contribution in [0.3, 0.4) is 0 Å². The van der Waals surface area contributed by atoms with Gasteiger partial charge in [-0.1, -0.05) is 46.3 Å². The predicted octanol–water partition coefficient (Wildman–Crippen LogP) is 4.15. The van der Waals surface area contributed by atoms with Crippen LogP contribution in [0.15, 0.2) is 70.3 Å². The molecule has 0 bridgehead atoms. The molecule has 0 radical (unpaired) electrons. The lowest BCUT2D eigenvalue weighted by Crippen LogP contribution is -2.28. The number of carbonyl (C=O) groups is 1. The molecule has 4 rings (SSSR count). The Labute approximate surface area is 201 Å². The van der Waals surface area contributed by atoms with Gasteiger partial charge in [-0.25, -0.2) is 4.98 Å². The van der Waals surface area contributed by atoms with E-state index in [1.165, 1.54) is 16.4 Å². The van der Waals surface area contributed by atoms with Crippen molar-refractivity contribution in [1.29, 1.82) is 5.26 Å². The van der Waals surface area contributed by atoms with Crippen LogP contribution in [0.25, 0.3) is 22.4 Å². The molecule has 0 fully saturated rings. The number of hydrogen-bond acceptors (Lipinski definition) is 7. The SMILES string of the molecule is COc1ccc(-c2cc(-c3ccc(C)cc3)c(C#N)c(SCC(=O)Nc3c[n+](C)no3)n2)cc1. The lowest BCUT2D eigenvalue weighted by molar-refractivity contribution is -0.739. The van der Waals surface area contributed by atoms with Crippen molar-refractivity contribution in [3.8, 4) is 34.2 Å². The molecule has 0 atom stereocenters. The van der Waals surface area contributed by atoms with Crippen LogP contribution in [0.1, 0.15) is 11.1 Å². The van der Waals surface area contributed by atoms with Gasteiger partial charge in [-0.2, -0.15) is 5.26 Å². The number of anilines is 1. The van der Waals surface area contributed by atoms with Crippen LogP contribution >= 0.6 is 11.8 Å². The van der Waals surface area contributed by atoms with Crippen LogP contribution in [0.5, 0.6) is 5.75 Å². The molecule has 2 heterocycles. The number of aryl methyl sites for hydroxylation is 2. The van der Waals surface area contributed by atoms with E-state index in [0.717, 1.165) is 28.0 Å². The molecule has 2 aromatic heterocycles. The maximum absolute atomic E-state index is 12.5. The minimum absolute atomic E-state index is 0.0471. The van der Waals surface area contributed by atoms with Gasteiger partial charge in [0, 0.05) is 11.1 Å². The number of aromatic nitrogens is 3. The fourth-order valence-corrected chi connectivity index (χ4v) is 4.10. The van der Waals surface area contributed by atoms with E-state index in [-0.39, 0.29) is 17.5 Å². The van der Waals surface area contributed by atoms with Gasteiger partial charge in [0.1, 0.15) is 16.8 Å². The molecule has 8 nitrogen and oxygen atoms in total. The number of ether oxygens (including phenoxy) is 1. The normalized spacial score (nSPS) is 10.5. The van der Waals surface area contributed by atoms with Crippen molar-refractivity contribution in [2.24, 2.45) is 7.05 Å². The topological polar surface area (TPSA) is 105 Å². The van der Waals surface area contributed by atoms with Crippen LogP contribution in [-0.2, 0) is 11.8 Å². The lowest BCUT2D eigenvalue weighted by Gasteiger charge is -2.13. The number of pyridine rings is 1. The Balaban J connectivity index is 1.70. The molecule has 0 spiro atoms. The van der Waals surface area contributed by atoms with Crippen LogP contribution < -0.4 is 14.7 Å². The highest BCUT2D eigenvalue weighted by atomic mass is 32.2. The predicted molar refractivity (Wildman–Crippen MR) is 128 cm³/mol. The molecule has 0 saturated heterocycles. The molecule has 1 amide bonds. The molecule has 0 aliphatic carbocycles. The van der Waals surface area contributed by atoms with E-state index < -0.39 is 0 Å².